The first kappa shape index (κ1) is 15.9. The number of hydrogen-bond donors (Lipinski definition) is 3. The molecule has 6 nitrogen and oxygen atoms in total. The molecule has 0 aliphatic carbocycles. The van der Waals surface area contributed by atoms with Crippen molar-refractivity contribution in [1.82, 2.24) is 10.6 Å². The van der Waals surface area contributed by atoms with E-state index < -0.39 is 5.97 Å². The first-order valence-electron chi connectivity index (χ1n) is 6.13. The molecule has 0 spiro atoms. The van der Waals surface area contributed by atoms with Gasteiger partial charge in [0.2, 0.25) is 0 Å². The van der Waals surface area contributed by atoms with Crippen molar-refractivity contribution in [2.24, 2.45) is 0 Å². The lowest BCUT2D eigenvalue weighted by Gasteiger charge is -2.07. The third-order valence-corrected chi connectivity index (χ3v) is 2.37. The van der Waals surface area contributed by atoms with Gasteiger partial charge in [0, 0.05) is 13.1 Å². The molecule has 0 aliphatic rings. The summed E-state index contributed by atoms with van der Waals surface area (Å²) >= 11 is 0. The number of carboxylic acids is 1. The fourth-order valence-electron chi connectivity index (χ4n) is 1.43. The van der Waals surface area contributed by atoms with Gasteiger partial charge in [0.25, 0.3) is 0 Å². The number of carbonyl (C=O) groups is 2. The summed E-state index contributed by atoms with van der Waals surface area (Å²) < 4.78 is 17.4. The molecule has 0 saturated carbocycles. The summed E-state index contributed by atoms with van der Waals surface area (Å²) in [6.07, 6.45) is 0.600. The molecule has 0 unspecified atom stereocenters. The van der Waals surface area contributed by atoms with Crippen LogP contribution in [-0.2, 0) is 16.0 Å². The van der Waals surface area contributed by atoms with E-state index in [4.69, 9.17) is 9.84 Å². The van der Waals surface area contributed by atoms with Crippen LogP contribution in [-0.4, -0.2) is 43.4 Å². The predicted octanol–water partition coefficient (Wildman–Crippen LogP) is 0.769. The van der Waals surface area contributed by atoms with E-state index in [1.807, 2.05) is 0 Å². The van der Waals surface area contributed by atoms with Crippen LogP contribution < -0.4 is 10.6 Å². The summed E-state index contributed by atoms with van der Waals surface area (Å²) in [7, 11) is 0. The van der Waals surface area contributed by atoms with Gasteiger partial charge in [-0.1, -0.05) is 12.1 Å². The smallest absolute Gasteiger partial charge is 0.329 e. The van der Waals surface area contributed by atoms with Gasteiger partial charge < -0.3 is 20.5 Å². The molecule has 0 atom stereocenters. The van der Waals surface area contributed by atoms with E-state index in [0.717, 1.165) is 5.56 Å². The lowest BCUT2D eigenvalue weighted by atomic mass is 10.1. The van der Waals surface area contributed by atoms with E-state index in [1.54, 1.807) is 12.1 Å². The average Bonchev–Trinajstić information content (AvgIpc) is 2.40. The molecule has 1 rings (SSSR count). The molecular formula is C13H17FN2O4. The van der Waals surface area contributed by atoms with Gasteiger partial charge in [-0.25, -0.2) is 14.0 Å². The summed E-state index contributed by atoms with van der Waals surface area (Å²) in [6, 6.07) is 5.71. The Bertz CT molecular complexity index is 437. The van der Waals surface area contributed by atoms with Crippen LogP contribution in [0.4, 0.5) is 9.18 Å². The molecule has 20 heavy (non-hydrogen) atoms. The van der Waals surface area contributed by atoms with E-state index in [1.165, 1.54) is 12.1 Å². The Hall–Kier alpha value is -2.15. The minimum atomic E-state index is -1.05. The highest BCUT2D eigenvalue weighted by Gasteiger charge is 2.00. The molecule has 110 valence electrons. The largest absolute Gasteiger partial charge is 0.480 e. The molecule has 7 heteroatoms. The van der Waals surface area contributed by atoms with Gasteiger partial charge in [0.1, 0.15) is 12.4 Å². The van der Waals surface area contributed by atoms with Crippen molar-refractivity contribution < 1.29 is 23.8 Å². The normalized spacial score (nSPS) is 10.1. The van der Waals surface area contributed by atoms with Gasteiger partial charge in [-0.05, 0) is 24.1 Å². The van der Waals surface area contributed by atoms with Gasteiger partial charge in [-0.15, -0.1) is 0 Å². The number of hydrogen-bond acceptors (Lipinski definition) is 3. The van der Waals surface area contributed by atoms with Crippen molar-refractivity contribution in [3.8, 4) is 0 Å². The Kier molecular flexibility index (Phi) is 7.05. The molecule has 0 aliphatic heterocycles. The molecule has 1 aromatic carbocycles. The zero-order valence-corrected chi connectivity index (χ0v) is 10.9. The van der Waals surface area contributed by atoms with Crippen molar-refractivity contribution in [1.29, 1.82) is 0 Å². The molecule has 0 saturated heterocycles. The second-order valence-corrected chi connectivity index (χ2v) is 4.01. The number of carbonyl (C=O) groups excluding carboxylic acids is 1. The van der Waals surface area contributed by atoms with E-state index in [-0.39, 0.29) is 31.6 Å². The van der Waals surface area contributed by atoms with Gasteiger partial charge in [-0.3, -0.25) is 0 Å². The SMILES string of the molecule is O=C(O)COCCNC(=O)NCCc1ccc(F)cc1. The quantitative estimate of drug-likeness (QED) is 0.615. The van der Waals surface area contributed by atoms with Crippen LogP contribution in [0, 0.1) is 5.82 Å². The summed E-state index contributed by atoms with van der Waals surface area (Å²) in [4.78, 5) is 21.5. The van der Waals surface area contributed by atoms with Crippen molar-refractivity contribution in [3.63, 3.8) is 0 Å². The number of benzene rings is 1. The van der Waals surface area contributed by atoms with Crippen LogP contribution >= 0.6 is 0 Å². The summed E-state index contributed by atoms with van der Waals surface area (Å²) in [6.45, 7) is 0.411. The Balaban J connectivity index is 2.05. The summed E-state index contributed by atoms with van der Waals surface area (Å²) in [5.74, 6) is -1.34. The van der Waals surface area contributed by atoms with E-state index in [2.05, 4.69) is 10.6 Å². The first-order valence-corrected chi connectivity index (χ1v) is 6.13. The van der Waals surface area contributed by atoms with Crippen LogP contribution in [0.5, 0.6) is 0 Å². The molecule has 2 amide bonds. The maximum Gasteiger partial charge on any atom is 0.329 e. The molecule has 0 bridgehead atoms. The number of aliphatic carboxylic acids is 1. The van der Waals surface area contributed by atoms with Gasteiger partial charge in [0.15, 0.2) is 0 Å². The van der Waals surface area contributed by atoms with Crippen molar-refractivity contribution >= 4 is 12.0 Å². The number of urea groups is 1. The second-order valence-electron chi connectivity index (χ2n) is 4.01. The van der Waals surface area contributed by atoms with Crippen LogP contribution in [0.25, 0.3) is 0 Å². The fourth-order valence-corrected chi connectivity index (χ4v) is 1.43. The number of carboxylic acid groups (broad SMARTS) is 1. The van der Waals surface area contributed by atoms with Crippen molar-refractivity contribution in [2.45, 2.75) is 6.42 Å². The van der Waals surface area contributed by atoms with Crippen molar-refractivity contribution in [2.75, 3.05) is 26.3 Å². The molecule has 0 radical (unpaired) electrons. The third-order valence-electron chi connectivity index (χ3n) is 2.37. The molecule has 0 heterocycles. The number of ether oxygens (including phenoxy) is 1. The van der Waals surface area contributed by atoms with E-state index in [9.17, 15) is 14.0 Å². The topological polar surface area (TPSA) is 87.7 Å². The number of halogens is 1. The standard InChI is InChI=1S/C13H17FN2O4/c14-11-3-1-10(2-4-11)5-6-15-13(19)16-7-8-20-9-12(17)18/h1-4H,5-9H2,(H,17,18)(H2,15,16,19). The Labute approximate surface area is 115 Å². The van der Waals surface area contributed by atoms with Crippen LogP contribution in [0.2, 0.25) is 0 Å². The minimum absolute atomic E-state index is 0.137. The molecule has 1 aromatic rings. The highest BCUT2D eigenvalue weighted by atomic mass is 19.1. The lowest BCUT2D eigenvalue weighted by molar-refractivity contribution is -0.142. The summed E-state index contributed by atoms with van der Waals surface area (Å²) in [5, 5.41) is 13.5. The van der Waals surface area contributed by atoms with Crippen LogP contribution in [0.1, 0.15) is 5.56 Å². The van der Waals surface area contributed by atoms with Gasteiger partial charge >= 0.3 is 12.0 Å². The monoisotopic (exact) mass is 284 g/mol. The third kappa shape index (κ3) is 7.32. The lowest BCUT2D eigenvalue weighted by Crippen LogP contribution is -2.38. The zero-order valence-electron chi connectivity index (χ0n) is 10.9. The second kappa shape index (κ2) is 8.87. The number of amides is 2. The van der Waals surface area contributed by atoms with Gasteiger partial charge in [-0.2, -0.15) is 0 Å². The minimum Gasteiger partial charge on any atom is -0.480 e. The van der Waals surface area contributed by atoms with E-state index >= 15 is 0 Å². The predicted molar refractivity (Wildman–Crippen MR) is 70.0 cm³/mol. The molecular weight excluding hydrogens is 267 g/mol. The van der Waals surface area contributed by atoms with E-state index in [0.29, 0.717) is 13.0 Å². The Morgan fingerprint density at radius 1 is 1.15 bits per heavy atom. The van der Waals surface area contributed by atoms with Crippen LogP contribution in [0.15, 0.2) is 24.3 Å². The average molecular weight is 284 g/mol. The molecule has 0 aromatic heterocycles. The zero-order chi connectivity index (χ0) is 14.8. The molecule has 0 fully saturated rings. The maximum atomic E-state index is 12.7. The number of nitrogens with one attached hydrogen (secondary N) is 2. The Morgan fingerprint density at radius 3 is 2.45 bits per heavy atom. The van der Waals surface area contributed by atoms with Crippen molar-refractivity contribution in [3.05, 3.63) is 35.6 Å². The highest BCUT2D eigenvalue weighted by Crippen LogP contribution is 2.02. The maximum absolute atomic E-state index is 12.7. The first-order chi connectivity index (χ1) is 9.58. The fraction of sp³-hybridized carbons (Fsp3) is 0.385. The highest BCUT2D eigenvalue weighted by molar-refractivity contribution is 5.73. The number of rotatable bonds is 8. The summed E-state index contributed by atoms with van der Waals surface area (Å²) in [5.41, 5.74) is 0.927. The van der Waals surface area contributed by atoms with Crippen LogP contribution in [0.3, 0.4) is 0 Å². The Morgan fingerprint density at radius 2 is 1.80 bits per heavy atom. The molecule has 3 N–H and O–H groups in total. The van der Waals surface area contributed by atoms with Gasteiger partial charge in [0.05, 0.1) is 6.61 Å².